The Labute approximate surface area is 131 Å². The zero-order valence-electron chi connectivity index (χ0n) is 11.5. The van der Waals surface area contributed by atoms with Gasteiger partial charge in [0.1, 0.15) is 5.75 Å². The van der Waals surface area contributed by atoms with Crippen molar-refractivity contribution < 1.29 is 14.5 Å². The molecule has 0 radical (unpaired) electrons. The third kappa shape index (κ3) is 4.46. The lowest BCUT2D eigenvalue weighted by Gasteiger charge is -2.08. The predicted molar refractivity (Wildman–Crippen MR) is 81.9 cm³/mol. The lowest BCUT2D eigenvalue weighted by atomic mass is 10.2. The summed E-state index contributed by atoms with van der Waals surface area (Å²) < 4.78 is 5.26. The summed E-state index contributed by atoms with van der Waals surface area (Å²) in [5, 5.41) is 13.4. The van der Waals surface area contributed by atoms with Crippen molar-refractivity contribution in [1.29, 1.82) is 0 Å². The molecule has 0 aliphatic rings. The monoisotopic (exact) mass is 320 g/mol. The first kappa shape index (κ1) is 15.8. The molecule has 2 aromatic rings. The summed E-state index contributed by atoms with van der Waals surface area (Å²) in [6, 6.07) is 13.3. The molecule has 0 saturated heterocycles. The number of nitrogens with one attached hydrogen (secondary N) is 1. The number of hydrogen-bond acceptors (Lipinski definition) is 4. The van der Waals surface area contributed by atoms with Gasteiger partial charge >= 0.3 is 0 Å². The minimum atomic E-state index is -0.553. The van der Waals surface area contributed by atoms with Crippen LogP contribution in [-0.4, -0.2) is 17.4 Å². The second-order valence-corrected chi connectivity index (χ2v) is 4.83. The average Bonchev–Trinajstić information content (AvgIpc) is 2.52. The van der Waals surface area contributed by atoms with Gasteiger partial charge in [-0.15, -0.1) is 0 Å². The largest absolute Gasteiger partial charge is 0.482 e. The molecular weight excluding hydrogens is 308 g/mol. The predicted octanol–water partition coefficient (Wildman–Crippen LogP) is 2.94. The van der Waals surface area contributed by atoms with Crippen molar-refractivity contribution in [3.05, 3.63) is 69.2 Å². The highest BCUT2D eigenvalue weighted by Gasteiger charge is 2.11. The van der Waals surface area contributed by atoms with E-state index in [1.807, 2.05) is 30.3 Å². The van der Waals surface area contributed by atoms with Gasteiger partial charge in [-0.1, -0.05) is 41.9 Å². The van der Waals surface area contributed by atoms with Crippen LogP contribution in [0.3, 0.4) is 0 Å². The second kappa shape index (κ2) is 7.42. The summed E-state index contributed by atoms with van der Waals surface area (Å²) >= 11 is 5.87. The molecule has 6 nitrogen and oxygen atoms in total. The Morgan fingerprint density at radius 3 is 2.59 bits per heavy atom. The number of carbonyl (C=O) groups excluding carboxylic acids is 1. The Bertz CT molecular complexity index is 676. The van der Waals surface area contributed by atoms with Crippen molar-refractivity contribution in [1.82, 2.24) is 5.32 Å². The molecule has 0 fully saturated rings. The molecule has 0 aliphatic carbocycles. The van der Waals surface area contributed by atoms with E-state index in [9.17, 15) is 14.9 Å². The standard InChI is InChI=1S/C15H13ClN2O4/c16-13-8-12(18(20)21)6-7-14(13)22-10-15(19)17-9-11-4-2-1-3-5-11/h1-8H,9-10H2,(H,17,19). The summed E-state index contributed by atoms with van der Waals surface area (Å²) in [4.78, 5) is 21.7. The zero-order chi connectivity index (χ0) is 15.9. The van der Waals surface area contributed by atoms with Gasteiger partial charge in [0.15, 0.2) is 6.61 Å². The number of halogens is 1. The third-order valence-corrected chi connectivity index (χ3v) is 3.11. The van der Waals surface area contributed by atoms with Gasteiger partial charge in [-0.2, -0.15) is 0 Å². The molecule has 7 heteroatoms. The molecule has 0 spiro atoms. The first-order valence-electron chi connectivity index (χ1n) is 6.43. The summed E-state index contributed by atoms with van der Waals surface area (Å²) in [5.41, 5.74) is 0.843. The lowest BCUT2D eigenvalue weighted by Crippen LogP contribution is -2.28. The molecule has 0 saturated carbocycles. The molecule has 2 rings (SSSR count). The molecule has 22 heavy (non-hydrogen) atoms. The molecule has 114 valence electrons. The highest BCUT2D eigenvalue weighted by atomic mass is 35.5. The Kier molecular flexibility index (Phi) is 5.32. The normalized spacial score (nSPS) is 10.0. The third-order valence-electron chi connectivity index (χ3n) is 2.82. The van der Waals surface area contributed by atoms with Gasteiger partial charge in [-0.05, 0) is 11.6 Å². The van der Waals surface area contributed by atoms with Crippen molar-refractivity contribution in [3.63, 3.8) is 0 Å². The zero-order valence-corrected chi connectivity index (χ0v) is 12.2. The van der Waals surface area contributed by atoms with Crippen LogP contribution in [0.1, 0.15) is 5.56 Å². The van der Waals surface area contributed by atoms with Crippen molar-refractivity contribution in [2.75, 3.05) is 6.61 Å². The minimum absolute atomic E-state index is 0.0880. The molecule has 0 heterocycles. The van der Waals surface area contributed by atoms with Crippen molar-refractivity contribution in [2.24, 2.45) is 0 Å². The number of rotatable bonds is 6. The minimum Gasteiger partial charge on any atom is -0.482 e. The van der Waals surface area contributed by atoms with E-state index in [1.165, 1.54) is 18.2 Å². The maximum atomic E-state index is 11.7. The fourth-order valence-corrected chi connectivity index (χ4v) is 1.94. The average molecular weight is 321 g/mol. The van der Waals surface area contributed by atoms with E-state index in [1.54, 1.807) is 0 Å². The molecule has 1 amide bonds. The fraction of sp³-hybridized carbons (Fsp3) is 0.133. The maximum Gasteiger partial charge on any atom is 0.271 e. The number of benzene rings is 2. The second-order valence-electron chi connectivity index (χ2n) is 4.42. The van der Waals surface area contributed by atoms with Gasteiger partial charge in [-0.25, -0.2) is 0 Å². The SMILES string of the molecule is O=C(COc1ccc([N+](=O)[O-])cc1Cl)NCc1ccccc1. The quantitative estimate of drug-likeness (QED) is 0.655. The molecule has 0 atom stereocenters. The Balaban J connectivity index is 1.85. The maximum absolute atomic E-state index is 11.7. The number of ether oxygens (including phenoxy) is 1. The first-order valence-corrected chi connectivity index (χ1v) is 6.81. The van der Waals surface area contributed by atoms with Gasteiger partial charge < -0.3 is 10.1 Å². The summed E-state index contributed by atoms with van der Waals surface area (Å²) in [6.07, 6.45) is 0. The van der Waals surface area contributed by atoms with Crippen LogP contribution in [0.5, 0.6) is 5.75 Å². The van der Waals surface area contributed by atoms with Crippen LogP contribution in [0, 0.1) is 10.1 Å². The lowest BCUT2D eigenvalue weighted by molar-refractivity contribution is -0.384. The van der Waals surface area contributed by atoms with Crippen LogP contribution in [-0.2, 0) is 11.3 Å². The molecule has 0 bridgehead atoms. The van der Waals surface area contributed by atoms with E-state index < -0.39 is 4.92 Å². The number of nitro benzene ring substituents is 1. The van der Waals surface area contributed by atoms with Crippen LogP contribution < -0.4 is 10.1 Å². The Hall–Kier alpha value is -2.60. The van der Waals surface area contributed by atoms with E-state index in [-0.39, 0.29) is 29.0 Å². The van der Waals surface area contributed by atoms with Gasteiger partial charge in [0.05, 0.1) is 9.95 Å². The van der Waals surface area contributed by atoms with Crippen LogP contribution >= 0.6 is 11.6 Å². The van der Waals surface area contributed by atoms with Gasteiger partial charge in [0.25, 0.3) is 11.6 Å². The topological polar surface area (TPSA) is 81.5 Å². The van der Waals surface area contributed by atoms with Crippen LogP contribution in [0.4, 0.5) is 5.69 Å². The first-order chi connectivity index (χ1) is 10.6. The van der Waals surface area contributed by atoms with E-state index in [4.69, 9.17) is 16.3 Å². The molecule has 0 aliphatic heterocycles. The van der Waals surface area contributed by atoms with E-state index in [0.29, 0.717) is 6.54 Å². The number of non-ortho nitro benzene ring substituents is 1. The molecular formula is C15H13ClN2O4. The Morgan fingerprint density at radius 1 is 1.23 bits per heavy atom. The van der Waals surface area contributed by atoms with Crippen molar-refractivity contribution in [2.45, 2.75) is 6.54 Å². The number of nitrogens with zero attached hydrogens (tertiary/aromatic N) is 1. The van der Waals surface area contributed by atoms with Crippen LogP contribution in [0.25, 0.3) is 0 Å². The summed E-state index contributed by atoms with van der Waals surface area (Å²) in [5.74, 6) is -0.0830. The summed E-state index contributed by atoms with van der Waals surface area (Å²) in [6.45, 7) is 0.182. The van der Waals surface area contributed by atoms with E-state index >= 15 is 0 Å². The van der Waals surface area contributed by atoms with Gasteiger partial charge in [-0.3, -0.25) is 14.9 Å². The molecule has 0 aromatic heterocycles. The molecule has 1 N–H and O–H groups in total. The smallest absolute Gasteiger partial charge is 0.271 e. The highest BCUT2D eigenvalue weighted by Crippen LogP contribution is 2.28. The Morgan fingerprint density at radius 2 is 1.95 bits per heavy atom. The van der Waals surface area contributed by atoms with Crippen LogP contribution in [0.2, 0.25) is 5.02 Å². The van der Waals surface area contributed by atoms with Crippen LogP contribution in [0.15, 0.2) is 48.5 Å². The van der Waals surface area contributed by atoms with Gasteiger partial charge in [0.2, 0.25) is 0 Å². The van der Waals surface area contributed by atoms with Crippen molar-refractivity contribution in [3.8, 4) is 5.75 Å². The molecule has 0 unspecified atom stereocenters. The number of carbonyl (C=O) groups is 1. The number of hydrogen-bond donors (Lipinski definition) is 1. The summed E-state index contributed by atoms with van der Waals surface area (Å²) in [7, 11) is 0. The number of amides is 1. The number of nitro groups is 1. The molecule has 2 aromatic carbocycles. The van der Waals surface area contributed by atoms with E-state index in [2.05, 4.69) is 5.32 Å². The van der Waals surface area contributed by atoms with Gasteiger partial charge in [0, 0.05) is 18.7 Å². The highest BCUT2D eigenvalue weighted by molar-refractivity contribution is 6.32. The van der Waals surface area contributed by atoms with Crippen molar-refractivity contribution >= 4 is 23.2 Å². The fourth-order valence-electron chi connectivity index (χ4n) is 1.71. The van der Waals surface area contributed by atoms with E-state index in [0.717, 1.165) is 5.56 Å².